The summed E-state index contributed by atoms with van der Waals surface area (Å²) >= 11 is 1.07. The number of aromatic nitrogens is 2. The summed E-state index contributed by atoms with van der Waals surface area (Å²) in [5.41, 5.74) is 3.44. The van der Waals surface area contributed by atoms with Crippen LogP contribution in [-0.2, 0) is 21.7 Å². The molecule has 42 heavy (non-hydrogen) atoms. The predicted molar refractivity (Wildman–Crippen MR) is 150 cm³/mol. The lowest BCUT2D eigenvalue weighted by molar-refractivity contribution is -0.185. The summed E-state index contributed by atoms with van der Waals surface area (Å²) in [5.74, 6) is 0.656. The molecule has 4 heterocycles. The van der Waals surface area contributed by atoms with E-state index in [9.17, 15) is 9.90 Å². The molecule has 1 atom stereocenters. The third kappa shape index (κ3) is 4.01. The van der Waals surface area contributed by atoms with Gasteiger partial charge in [0.25, 0.3) is 5.79 Å². The molecule has 0 aliphatic carbocycles. The molecule has 4 aromatic carbocycles. The van der Waals surface area contributed by atoms with E-state index in [0.29, 0.717) is 62.2 Å². The number of cyclic esters (lactones) is 1. The Balaban J connectivity index is 1.25. The molecule has 5 aromatic rings. The standard InChI is InChI=1S/C31H20N2O8S/c34-30-29(18-5-9-25-27(12-18)38-15-36-25)21(31(35,41-30)19-6-8-22-23(13-19)33-42-32-22)11-17-3-1-2-4-24(17)40-20-7-10-26-28(14-20)39-16-37-26/h1-10,12-14,35H,11,15-16H2. The minimum absolute atomic E-state index is 0.0886. The van der Waals surface area contributed by atoms with Crippen molar-refractivity contribution in [1.29, 1.82) is 0 Å². The van der Waals surface area contributed by atoms with Crippen molar-refractivity contribution >= 4 is 34.3 Å². The van der Waals surface area contributed by atoms with Gasteiger partial charge in [-0.1, -0.05) is 24.3 Å². The van der Waals surface area contributed by atoms with Crippen molar-refractivity contribution < 1.29 is 38.3 Å². The Morgan fingerprint density at radius 2 is 1.55 bits per heavy atom. The van der Waals surface area contributed by atoms with E-state index in [2.05, 4.69) is 8.75 Å². The third-order valence-electron chi connectivity index (χ3n) is 7.37. The van der Waals surface area contributed by atoms with Gasteiger partial charge in [0.05, 0.1) is 17.3 Å². The Morgan fingerprint density at radius 3 is 2.40 bits per heavy atom. The maximum atomic E-state index is 13.6. The first kappa shape index (κ1) is 24.6. The molecule has 1 unspecified atom stereocenters. The van der Waals surface area contributed by atoms with E-state index in [-0.39, 0.29) is 25.6 Å². The number of nitrogens with zero attached hydrogens (tertiary/aromatic N) is 2. The summed E-state index contributed by atoms with van der Waals surface area (Å²) < 4.78 is 42.6. The number of aliphatic hydroxyl groups is 1. The highest BCUT2D eigenvalue weighted by molar-refractivity contribution is 7.00. The quantitative estimate of drug-likeness (QED) is 0.264. The fourth-order valence-corrected chi connectivity index (χ4v) is 5.84. The number of rotatable bonds is 6. The molecule has 3 aliphatic heterocycles. The van der Waals surface area contributed by atoms with E-state index in [1.54, 1.807) is 54.6 Å². The van der Waals surface area contributed by atoms with Crippen LogP contribution in [-0.4, -0.2) is 33.4 Å². The molecule has 208 valence electrons. The van der Waals surface area contributed by atoms with Crippen LogP contribution >= 0.6 is 11.7 Å². The van der Waals surface area contributed by atoms with Gasteiger partial charge in [0.1, 0.15) is 22.5 Å². The molecule has 0 saturated carbocycles. The summed E-state index contributed by atoms with van der Waals surface area (Å²) in [6.45, 7) is 0.243. The van der Waals surface area contributed by atoms with Gasteiger partial charge in [-0.15, -0.1) is 0 Å². The number of hydrogen-bond acceptors (Lipinski definition) is 11. The highest BCUT2D eigenvalue weighted by Crippen LogP contribution is 2.47. The van der Waals surface area contributed by atoms with E-state index < -0.39 is 11.8 Å². The van der Waals surface area contributed by atoms with Crippen molar-refractivity contribution in [2.45, 2.75) is 12.2 Å². The molecule has 0 amide bonds. The Bertz CT molecular complexity index is 1940. The van der Waals surface area contributed by atoms with Gasteiger partial charge in [-0.3, -0.25) is 0 Å². The van der Waals surface area contributed by atoms with Gasteiger partial charge < -0.3 is 33.5 Å². The Labute approximate surface area is 242 Å². The number of ether oxygens (including phenoxy) is 6. The molecule has 0 radical (unpaired) electrons. The lowest BCUT2D eigenvalue weighted by atomic mass is 9.87. The third-order valence-corrected chi connectivity index (χ3v) is 7.93. The van der Waals surface area contributed by atoms with Gasteiger partial charge in [-0.2, -0.15) is 8.75 Å². The van der Waals surface area contributed by atoms with Crippen molar-refractivity contribution in [2.24, 2.45) is 0 Å². The minimum Gasteiger partial charge on any atom is -0.457 e. The average Bonchev–Trinajstić information content (AvgIpc) is 3.80. The minimum atomic E-state index is -2.08. The maximum absolute atomic E-state index is 13.6. The van der Waals surface area contributed by atoms with Gasteiger partial charge in [0.15, 0.2) is 23.0 Å². The molecule has 1 N–H and O–H groups in total. The van der Waals surface area contributed by atoms with Crippen LogP contribution in [0.1, 0.15) is 16.7 Å². The SMILES string of the molecule is O=C1OC(O)(c2ccc3nsnc3c2)C(Cc2ccccc2Oc2ccc3c(c2)OCO3)=C1c1ccc2c(c1)OCO2. The largest absolute Gasteiger partial charge is 0.457 e. The number of benzene rings is 4. The fourth-order valence-electron chi connectivity index (χ4n) is 5.33. The summed E-state index contributed by atoms with van der Waals surface area (Å²) in [4.78, 5) is 13.6. The monoisotopic (exact) mass is 580 g/mol. The summed E-state index contributed by atoms with van der Waals surface area (Å²) in [6.07, 6.45) is 0.125. The van der Waals surface area contributed by atoms with Gasteiger partial charge in [0.2, 0.25) is 13.6 Å². The molecule has 11 heteroatoms. The van der Waals surface area contributed by atoms with Crippen LogP contribution in [0.25, 0.3) is 16.6 Å². The van der Waals surface area contributed by atoms with E-state index in [0.717, 1.165) is 17.3 Å². The average molecular weight is 581 g/mol. The van der Waals surface area contributed by atoms with Crippen LogP contribution in [0.5, 0.6) is 34.5 Å². The molecular formula is C31H20N2O8S. The smallest absolute Gasteiger partial charge is 0.342 e. The van der Waals surface area contributed by atoms with Crippen molar-refractivity contribution in [3.8, 4) is 34.5 Å². The van der Waals surface area contributed by atoms with Crippen molar-refractivity contribution in [3.63, 3.8) is 0 Å². The predicted octanol–water partition coefficient (Wildman–Crippen LogP) is 5.34. The topological polar surface area (TPSA) is 118 Å². The number of para-hydroxylation sites is 1. The summed E-state index contributed by atoms with van der Waals surface area (Å²) in [7, 11) is 0. The number of carbonyl (C=O) groups excluding carboxylic acids is 1. The number of carbonyl (C=O) groups is 1. The molecule has 3 aliphatic rings. The second-order valence-corrected chi connectivity index (χ2v) is 10.4. The van der Waals surface area contributed by atoms with Gasteiger partial charge in [-0.25, -0.2) is 4.79 Å². The van der Waals surface area contributed by atoms with Gasteiger partial charge in [0, 0.05) is 23.6 Å². The highest BCUT2D eigenvalue weighted by Gasteiger charge is 2.48. The zero-order valence-electron chi connectivity index (χ0n) is 21.7. The molecule has 0 fully saturated rings. The number of fused-ring (bicyclic) bond motifs is 3. The van der Waals surface area contributed by atoms with E-state index in [1.807, 2.05) is 24.3 Å². The highest BCUT2D eigenvalue weighted by atomic mass is 32.1. The molecule has 0 bridgehead atoms. The van der Waals surface area contributed by atoms with Crippen LogP contribution in [0.2, 0.25) is 0 Å². The molecule has 1 aromatic heterocycles. The van der Waals surface area contributed by atoms with E-state index >= 15 is 0 Å². The molecule has 10 nitrogen and oxygen atoms in total. The first-order valence-electron chi connectivity index (χ1n) is 13.0. The van der Waals surface area contributed by atoms with Crippen molar-refractivity contribution in [2.75, 3.05) is 13.6 Å². The second-order valence-electron chi connectivity index (χ2n) is 9.82. The molecule has 0 saturated heterocycles. The van der Waals surface area contributed by atoms with E-state index in [4.69, 9.17) is 28.4 Å². The second kappa shape index (κ2) is 9.47. The van der Waals surface area contributed by atoms with Gasteiger partial charge >= 0.3 is 5.97 Å². The number of hydrogen-bond donors (Lipinski definition) is 1. The zero-order chi connectivity index (χ0) is 28.3. The molecule has 8 rings (SSSR count). The normalized spacial score (nSPS) is 18.5. The fraction of sp³-hybridized carbons (Fsp3) is 0.129. The first-order chi connectivity index (χ1) is 20.5. The molecular weight excluding hydrogens is 560 g/mol. The van der Waals surface area contributed by atoms with Crippen LogP contribution in [0.15, 0.2) is 84.4 Å². The maximum Gasteiger partial charge on any atom is 0.342 e. The summed E-state index contributed by atoms with van der Waals surface area (Å²) in [5, 5.41) is 12.2. The summed E-state index contributed by atoms with van der Waals surface area (Å²) in [6, 6.07) is 23.1. The zero-order valence-corrected chi connectivity index (χ0v) is 22.6. The Hall–Kier alpha value is -5.13. The van der Waals surface area contributed by atoms with Gasteiger partial charge in [-0.05, 0) is 59.7 Å². The number of esters is 1. The molecule has 0 spiro atoms. The van der Waals surface area contributed by atoms with Crippen LogP contribution in [0.4, 0.5) is 0 Å². The lowest BCUT2D eigenvalue weighted by Crippen LogP contribution is -2.29. The van der Waals surface area contributed by atoms with Crippen molar-refractivity contribution in [1.82, 2.24) is 8.75 Å². The Morgan fingerprint density at radius 1 is 0.810 bits per heavy atom. The first-order valence-corrected chi connectivity index (χ1v) is 13.8. The van der Waals surface area contributed by atoms with E-state index in [1.165, 1.54) is 0 Å². The van der Waals surface area contributed by atoms with Crippen LogP contribution in [0, 0.1) is 0 Å². The Kier molecular flexibility index (Phi) is 5.56. The lowest BCUT2D eigenvalue weighted by Gasteiger charge is -2.26. The van der Waals surface area contributed by atoms with Crippen molar-refractivity contribution in [3.05, 3.63) is 101 Å². The van der Waals surface area contributed by atoms with Crippen LogP contribution < -0.4 is 23.7 Å². The van der Waals surface area contributed by atoms with Crippen LogP contribution in [0.3, 0.4) is 0 Å².